The smallest absolute Gasteiger partial charge is 0.131 e. The molecule has 0 bridgehead atoms. The standard InChI is InChI=1S/C15H26N2.C10H19N3OS.C4H6.2C2H6/c1-5-6-7-9-14-12-16-13-17(14)11-8-10-15(2,3)4;1-6-7-12(4)15(14)10-8(2)11-13(5)9(10)3;1-3-4-2;2*1-2/h6-7,12-13H,5,8-11H2,1-4H3;6-7H2,1-5H3;3-4H,1-2H2;2*1-2H3/b7-6-;;;;. The normalized spacial score (nSPS) is 11.2. The molecule has 6 nitrogen and oxygen atoms in total. The Kier molecular flexibility index (Phi) is 27.1. The van der Waals surface area contributed by atoms with Crippen LogP contribution in [-0.4, -0.2) is 41.4 Å². The van der Waals surface area contributed by atoms with Gasteiger partial charge in [0.15, 0.2) is 0 Å². The minimum Gasteiger partial charge on any atom is -0.334 e. The molecule has 0 saturated heterocycles. The van der Waals surface area contributed by atoms with Crippen molar-refractivity contribution in [2.45, 2.75) is 120 Å². The second kappa shape index (κ2) is 25.7. The van der Waals surface area contributed by atoms with Gasteiger partial charge in [0.2, 0.25) is 0 Å². The predicted molar refractivity (Wildman–Crippen MR) is 179 cm³/mol. The van der Waals surface area contributed by atoms with Crippen LogP contribution < -0.4 is 0 Å². The van der Waals surface area contributed by atoms with Gasteiger partial charge in [0.05, 0.1) is 22.6 Å². The topological polar surface area (TPSA) is 56.0 Å². The fraction of sp³-hybridized carbons (Fsp3) is 0.636. The van der Waals surface area contributed by atoms with Crippen LogP contribution in [0.2, 0.25) is 0 Å². The number of allylic oxidation sites excluding steroid dienone is 4. The summed E-state index contributed by atoms with van der Waals surface area (Å²) in [5, 5.41) is 4.27. The third kappa shape index (κ3) is 18.9. The number of aromatic nitrogens is 4. The van der Waals surface area contributed by atoms with E-state index in [0.717, 1.165) is 48.6 Å². The summed E-state index contributed by atoms with van der Waals surface area (Å²) in [6.07, 6.45) is 17.3. The number of rotatable bonds is 11. The van der Waals surface area contributed by atoms with Crippen LogP contribution in [0.3, 0.4) is 0 Å². The van der Waals surface area contributed by atoms with Crippen molar-refractivity contribution in [3.63, 3.8) is 0 Å². The van der Waals surface area contributed by atoms with Crippen molar-refractivity contribution in [3.05, 3.63) is 67.1 Å². The van der Waals surface area contributed by atoms with E-state index in [1.54, 1.807) is 16.8 Å². The lowest BCUT2D eigenvalue weighted by Crippen LogP contribution is -2.22. The lowest BCUT2D eigenvalue weighted by atomic mass is 9.91. The molecule has 1 atom stereocenters. The Labute approximate surface area is 251 Å². The summed E-state index contributed by atoms with van der Waals surface area (Å²) in [5.74, 6) is 0. The van der Waals surface area contributed by atoms with Crippen LogP contribution in [0.15, 0.2) is 54.9 Å². The summed E-state index contributed by atoms with van der Waals surface area (Å²) in [4.78, 5) is 5.10. The first kappa shape index (κ1) is 42.2. The van der Waals surface area contributed by atoms with E-state index in [-0.39, 0.29) is 0 Å². The molecule has 0 aliphatic heterocycles. The molecule has 0 saturated carbocycles. The maximum atomic E-state index is 12.2. The van der Waals surface area contributed by atoms with E-state index in [1.807, 2.05) is 72.5 Å². The highest BCUT2D eigenvalue weighted by Gasteiger charge is 2.19. The first-order chi connectivity index (χ1) is 18.9. The molecule has 2 rings (SSSR count). The van der Waals surface area contributed by atoms with E-state index in [1.165, 1.54) is 18.5 Å². The Balaban J connectivity index is -0.000000546. The molecule has 7 heteroatoms. The van der Waals surface area contributed by atoms with E-state index in [4.69, 9.17) is 0 Å². The van der Waals surface area contributed by atoms with Crippen molar-refractivity contribution >= 4 is 11.0 Å². The van der Waals surface area contributed by atoms with Crippen molar-refractivity contribution in [2.24, 2.45) is 12.5 Å². The van der Waals surface area contributed by atoms with Gasteiger partial charge in [0.25, 0.3) is 0 Å². The quantitative estimate of drug-likeness (QED) is 0.198. The van der Waals surface area contributed by atoms with Crippen LogP contribution in [0.4, 0.5) is 0 Å². The first-order valence-electron chi connectivity index (χ1n) is 14.9. The monoisotopic (exact) mass is 577 g/mol. The number of hydrogen-bond acceptors (Lipinski definition) is 3. The highest BCUT2D eigenvalue weighted by Crippen LogP contribution is 2.21. The molecule has 1 unspecified atom stereocenters. The van der Waals surface area contributed by atoms with E-state index < -0.39 is 11.0 Å². The molecular formula is C33H63N5OS. The molecule has 0 aliphatic carbocycles. The average molecular weight is 578 g/mol. The molecule has 0 spiro atoms. The van der Waals surface area contributed by atoms with Crippen LogP contribution in [0.1, 0.15) is 105 Å². The zero-order valence-corrected chi connectivity index (χ0v) is 29.2. The minimum atomic E-state index is -1.08. The summed E-state index contributed by atoms with van der Waals surface area (Å²) >= 11 is 0. The zero-order chi connectivity index (χ0) is 31.7. The van der Waals surface area contributed by atoms with Gasteiger partial charge in [-0.2, -0.15) is 5.10 Å². The van der Waals surface area contributed by atoms with Crippen molar-refractivity contribution < 1.29 is 4.21 Å². The van der Waals surface area contributed by atoms with Gasteiger partial charge in [0, 0.05) is 45.5 Å². The fourth-order valence-corrected chi connectivity index (χ4v) is 4.77. The Hall–Kier alpha value is -2.25. The SMILES string of the molecule is C=CC=C.CC.CC.CC/C=C\Cc1cncn1CCCC(C)(C)C.CCCN(C)S(=O)c1c(C)nn(C)c1C. The molecule has 0 fully saturated rings. The molecule has 2 aromatic rings. The van der Waals surface area contributed by atoms with Gasteiger partial charge < -0.3 is 4.57 Å². The van der Waals surface area contributed by atoms with Crippen LogP contribution >= 0.6 is 0 Å². The third-order valence-corrected chi connectivity index (χ3v) is 7.15. The largest absolute Gasteiger partial charge is 0.334 e. The van der Waals surface area contributed by atoms with Crippen LogP contribution in [0, 0.1) is 19.3 Å². The highest BCUT2D eigenvalue weighted by atomic mass is 32.2. The Bertz CT molecular complexity index is 945. The van der Waals surface area contributed by atoms with E-state index in [2.05, 4.69) is 74.6 Å². The lowest BCUT2D eigenvalue weighted by Gasteiger charge is -2.18. The van der Waals surface area contributed by atoms with Gasteiger partial charge in [0.1, 0.15) is 11.0 Å². The number of imidazole rings is 1. The Morgan fingerprint density at radius 3 is 2.05 bits per heavy atom. The maximum absolute atomic E-state index is 12.2. The van der Waals surface area contributed by atoms with Gasteiger partial charge >= 0.3 is 0 Å². The minimum absolute atomic E-state index is 0.433. The van der Waals surface area contributed by atoms with Crippen molar-refractivity contribution in [3.8, 4) is 0 Å². The van der Waals surface area contributed by atoms with Gasteiger partial charge in [-0.15, -0.1) is 0 Å². The van der Waals surface area contributed by atoms with Gasteiger partial charge in [-0.1, -0.05) is 99.8 Å². The molecule has 0 radical (unpaired) electrons. The van der Waals surface area contributed by atoms with Crippen LogP contribution in [-0.2, 0) is 31.0 Å². The molecule has 0 N–H and O–H groups in total. The van der Waals surface area contributed by atoms with E-state index in [9.17, 15) is 4.21 Å². The molecule has 40 heavy (non-hydrogen) atoms. The van der Waals surface area contributed by atoms with Crippen LogP contribution in [0.5, 0.6) is 0 Å². The van der Waals surface area contributed by atoms with E-state index in [0.29, 0.717) is 5.41 Å². The van der Waals surface area contributed by atoms with Crippen molar-refractivity contribution in [2.75, 3.05) is 13.6 Å². The summed E-state index contributed by atoms with van der Waals surface area (Å²) in [5.41, 5.74) is 3.59. The van der Waals surface area contributed by atoms with Crippen LogP contribution in [0.25, 0.3) is 0 Å². The Morgan fingerprint density at radius 2 is 1.62 bits per heavy atom. The highest BCUT2D eigenvalue weighted by molar-refractivity contribution is 7.82. The van der Waals surface area contributed by atoms with Crippen molar-refractivity contribution in [1.29, 1.82) is 0 Å². The van der Waals surface area contributed by atoms with Gasteiger partial charge in [-0.05, 0) is 44.9 Å². The maximum Gasteiger partial charge on any atom is 0.131 e. The third-order valence-electron chi connectivity index (χ3n) is 5.46. The average Bonchev–Trinajstić information content (AvgIpc) is 3.48. The number of aryl methyl sites for hydroxylation is 3. The first-order valence-corrected chi connectivity index (χ1v) is 16.0. The van der Waals surface area contributed by atoms with Gasteiger partial charge in [-0.25, -0.2) is 13.5 Å². The Morgan fingerprint density at radius 1 is 1.05 bits per heavy atom. The molecule has 2 aromatic heterocycles. The molecule has 0 amide bonds. The molecule has 232 valence electrons. The lowest BCUT2D eigenvalue weighted by molar-refractivity contribution is 0.352. The summed E-state index contributed by atoms with van der Waals surface area (Å²) < 4.78 is 18.1. The number of nitrogens with zero attached hydrogens (tertiary/aromatic N) is 5. The summed E-state index contributed by atoms with van der Waals surface area (Å²) in [7, 11) is 2.68. The second-order valence-corrected chi connectivity index (χ2v) is 11.6. The summed E-state index contributed by atoms with van der Waals surface area (Å²) in [6.45, 7) is 31.6. The second-order valence-electron chi connectivity index (χ2n) is 10.0. The zero-order valence-electron chi connectivity index (χ0n) is 28.4. The van der Waals surface area contributed by atoms with E-state index >= 15 is 0 Å². The molecular weight excluding hydrogens is 514 g/mol. The predicted octanol–water partition coefficient (Wildman–Crippen LogP) is 9.03. The van der Waals surface area contributed by atoms with Crippen molar-refractivity contribution in [1.82, 2.24) is 23.6 Å². The van der Waals surface area contributed by atoms with Gasteiger partial charge in [-0.3, -0.25) is 4.68 Å². The molecule has 0 aromatic carbocycles. The summed E-state index contributed by atoms with van der Waals surface area (Å²) in [6, 6.07) is 0. The number of hydrogen-bond donors (Lipinski definition) is 0. The molecule has 2 heterocycles. The molecule has 0 aliphatic rings. The fourth-order valence-electron chi connectivity index (χ4n) is 3.43.